The molecule has 1 aliphatic rings. The fraction of sp³-hybridized carbons (Fsp3) is 0.286. The van der Waals surface area contributed by atoms with E-state index in [1.807, 2.05) is 18.2 Å². The molecule has 1 aromatic heterocycles. The predicted octanol–water partition coefficient (Wildman–Crippen LogP) is 1.88. The molecule has 0 atom stereocenters. The molecular formula is C14H15ClN4O. The number of rotatable bonds is 5. The molecule has 0 saturated heterocycles. The third-order valence-corrected chi connectivity index (χ3v) is 3.63. The van der Waals surface area contributed by atoms with Gasteiger partial charge in [-0.25, -0.2) is 4.68 Å². The van der Waals surface area contributed by atoms with E-state index in [0.717, 1.165) is 17.8 Å². The van der Waals surface area contributed by atoms with Gasteiger partial charge in [-0.15, -0.1) is 0 Å². The van der Waals surface area contributed by atoms with Gasteiger partial charge in [0.05, 0.1) is 22.5 Å². The second-order valence-corrected chi connectivity index (χ2v) is 5.35. The average molecular weight is 291 g/mol. The van der Waals surface area contributed by atoms with E-state index in [1.54, 1.807) is 10.9 Å². The first-order valence-electron chi connectivity index (χ1n) is 6.51. The highest BCUT2D eigenvalue weighted by molar-refractivity contribution is 6.32. The Morgan fingerprint density at radius 2 is 2.30 bits per heavy atom. The maximum Gasteiger partial charge on any atom is 0.251 e. The van der Waals surface area contributed by atoms with Crippen LogP contribution in [0.15, 0.2) is 30.6 Å². The molecule has 1 fully saturated rings. The van der Waals surface area contributed by atoms with Crippen LogP contribution in [0.1, 0.15) is 28.8 Å². The molecule has 2 aromatic rings. The normalized spacial score (nSPS) is 14.4. The van der Waals surface area contributed by atoms with Crippen LogP contribution in [0, 0.1) is 0 Å². The zero-order valence-corrected chi connectivity index (χ0v) is 11.6. The molecule has 0 bridgehead atoms. The molecule has 104 valence electrons. The molecule has 0 radical (unpaired) electrons. The van der Waals surface area contributed by atoms with Crippen molar-refractivity contribution in [3.05, 3.63) is 46.7 Å². The van der Waals surface area contributed by atoms with Crippen molar-refractivity contribution in [3.8, 4) is 5.69 Å². The second-order valence-electron chi connectivity index (χ2n) is 4.94. The largest absolute Gasteiger partial charge is 0.366 e. The summed E-state index contributed by atoms with van der Waals surface area (Å²) in [4.78, 5) is 11.2. The lowest BCUT2D eigenvalue weighted by Gasteiger charge is -2.12. The Morgan fingerprint density at radius 1 is 1.50 bits per heavy atom. The Hall–Kier alpha value is -1.85. The van der Waals surface area contributed by atoms with Gasteiger partial charge in [-0.3, -0.25) is 4.79 Å². The van der Waals surface area contributed by atoms with Gasteiger partial charge in [0.1, 0.15) is 0 Å². The van der Waals surface area contributed by atoms with Gasteiger partial charge in [-0.05, 0) is 24.5 Å². The standard InChI is InChI=1S/C14H15ClN4O/c15-12-3-1-2-9(6-17-11-4-5-11)13(12)19-8-10(7-18-19)14(16)20/h1-3,7-8,11,17H,4-6H2,(H2,16,20). The summed E-state index contributed by atoms with van der Waals surface area (Å²) in [6.45, 7) is 0.728. The van der Waals surface area contributed by atoms with Gasteiger partial charge in [-0.2, -0.15) is 5.10 Å². The molecule has 0 aliphatic heterocycles. The molecule has 3 N–H and O–H groups in total. The summed E-state index contributed by atoms with van der Waals surface area (Å²) in [7, 11) is 0. The Morgan fingerprint density at radius 3 is 2.95 bits per heavy atom. The maximum atomic E-state index is 11.2. The first-order chi connectivity index (χ1) is 9.65. The van der Waals surface area contributed by atoms with Crippen molar-refractivity contribution in [1.29, 1.82) is 0 Å². The Balaban J connectivity index is 1.94. The number of benzene rings is 1. The quantitative estimate of drug-likeness (QED) is 0.883. The summed E-state index contributed by atoms with van der Waals surface area (Å²) in [5, 5.41) is 8.22. The zero-order chi connectivity index (χ0) is 14.1. The van der Waals surface area contributed by atoms with Gasteiger partial charge in [0, 0.05) is 18.8 Å². The SMILES string of the molecule is NC(=O)c1cnn(-c2c(Cl)cccc2CNC2CC2)c1. The molecule has 1 saturated carbocycles. The van der Waals surface area contributed by atoms with Crippen LogP contribution in [0.2, 0.25) is 5.02 Å². The highest BCUT2D eigenvalue weighted by Gasteiger charge is 2.21. The van der Waals surface area contributed by atoms with E-state index in [2.05, 4.69) is 10.4 Å². The minimum Gasteiger partial charge on any atom is -0.366 e. The number of aromatic nitrogens is 2. The van der Waals surface area contributed by atoms with Gasteiger partial charge in [0.15, 0.2) is 0 Å². The van der Waals surface area contributed by atoms with Crippen molar-refractivity contribution in [2.45, 2.75) is 25.4 Å². The minimum absolute atomic E-state index is 0.367. The van der Waals surface area contributed by atoms with Crippen LogP contribution < -0.4 is 11.1 Å². The third-order valence-electron chi connectivity index (χ3n) is 3.33. The van der Waals surface area contributed by atoms with Crippen molar-refractivity contribution in [3.63, 3.8) is 0 Å². The van der Waals surface area contributed by atoms with Crippen LogP contribution in [-0.2, 0) is 6.54 Å². The van der Waals surface area contributed by atoms with Gasteiger partial charge in [0.25, 0.3) is 5.91 Å². The molecule has 0 unspecified atom stereocenters. The van der Waals surface area contributed by atoms with E-state index in [4.69, 9.17) is 17.3 Å². The lowest BCUT2D eigenvalue weighted by molar-refractivity contribution is 0.100. The van der Waals surface area contributed by atoms with Gasteiger partial charge >= 0.3 is 0 Å². The van der Waals surface area contributed by atoms with Crippen LogP contribution in [0.4, 0.5) is 0 Å². The summed E-state index contributed by atoms with van der Waals surface area (Å²) in [5.41, 5.74) is 7.45. The average Bonchev–Trinajstić information content (AvgIpc) is 3.12. The summed E-state index contributed by atoms with van der Waals surface area (Å²) in [5.74, 6) is -0.499. The summed E-state index contributed by atoms with van der Waals surface area (Å²) in [6.07, 6.45) is 5.50. The number of hydrogen-bond donors (Lipinski definition) is 2. The van der Waals surface area contributed by atoms with Crippen molar-refractivity contribution in [1.82, 2.24) is 15.1 Å². The number of nitrogens with zero attached hydrogens (tertiary/aromatic N) is 2. The van der Waals surface area contributed by atoms with Crippen LogP contribution in [0.5, 0.6) is 0 Å². The smallest absolute Gasteiger partial charge is 0.251 e. The van der Waals surface area contributed by atoms with Crippen molar-refractivity contribution in [2.24, 2.45) is 5.73 Å². The maximum absolute atomic E-state index is 11.2. The Labute approximate surface area is 121 Å². The molecule has 6 heteroatoms. The predicted molar refractivity (Wildman–Crippen MR) is 77.0 cm³/mol. The number of hydrogen-bond acceptors (Lipinski definition) is 3. The summed E-state index contributed by atoms with van der Waals surface area (Å²) in [6, 6.07) is 6.33. The van der Waals surface area contributed by atoms with Gasteiger partial charge in [0.2, 0.25) is 0 Å². The summed E-state index contributed by atoms with van der Waals surface area (Å²) < 4.78 is 1.60. The monoisotopic (exact) mass is 290 g/mol. The Bertz CT molecular complexity index is 648. The lowest BCUT2D eigenvalue weighted by Crippen LogP contribution is -2.17. The van der Waals surface area contributed by atoms with E-state index < -0.39 is 5.91 Å². The molecule has 1 aromatic carbocycles. The van der Waals surface area contributed by atoms with Crippen LogP contribution in [0.3, 0.4) is 0 Å². The number of nitrogens with two attached hydrogens (primary N) is 1. The molecule has 3 rings (SSSR count). The van der Waals surface area contributed by atoms with Crippen LogP contribution >= 0.6 is 11.6 Å². The first-order valence-corrected chi connectivity index (χ1v) is 6.88. The van der Waals surface area contributed by atoms with Crippen molar-refractivity contribution in [2.75, 3.05) is 0 Å². The van der Waals surface area contributed by atoms with E-state index in [0.29, 0.717) is 16.6 Å². The number of para-hydroxylation sites is 1. The molecule has 1 amide bonds. The topological polar surface area (TPSA) is 72.9 Å². The fourth-order valence-electron chi connectivity index (χ4n) is 2.07. The summed E-state index contributed by atoms with van der Waals surface area (Å²) >= 11 is 6.28. The van der Waals surface area contributed by atoms with Crippen molar-refractivity contribution < 1.29 is 4.79 Å². The number of amides is 1. The van der Waals surface area contributed by atoms with Crippen LogP contribution in [0.25, 0.3) is 5.69 Å². The molecule has 1 aliphatic carbocycles. The number of carbonyl (C=O) groups excluding carboxylic acids is 1. The van der Waals surface area contributed by atoms with E-state index in [-0.39, 0.29) is 0 Å². The first kappa shape index (κ1) is 13.1. The number of primary amides is 1. The fourth-order valence-corrected chi connectivity index (χ4v) is 2.35. The van der Waals surface area contributed by atoms with E-state index in [9.17, 15) is 4.79 Å². The molecular weight excluding hydrogens is 276 g/mol. The highest BCUT2D eigenvalue weighted by atomic mass is 35.5. The zero-order valence-electron chi connectivity index (χ0n) is 10.8. The Kier molecular flexibility index (Phi) is 3.46. The number of halogens is 1. The highest BCUT2D eigenvalue weighted by Crippen LogP contribution is 2.26. The van der Waals surface area contributed by atoms with Gasteiger partial charge < -0.3 is 11.1 Å². The van der Waals surface area contributed by atoms with Crippen molar-refractivity contribution >= 4 is 17.5 Å². The van der Waals surface area contributed by atoms with Gasteiger partial charge in [-0.1, -0.05) is 23.7 Å². The molecule has 5 nitrogen and oxygen atoms in total. The lowest BCUT2D eigenvalue weighted by atomic mass is 10.1. The second kappa shape index (κ2) is 5.26. The third kappa shape index (κ3) is 2.69. The van der Waals surface area contributed by atoms with E-state index >= 15 is 0 Å². The molecule has 1 heterocycles. The van der Waals surface area contributed by atoms with Crippen LogP contribution in [-0.4, -0.2) is 21.7 Å². The number of carbonyl (C=O) groups is 1. The number of nitrogens with one attached hydrogen (secondary N) is 1. The minimum atomic E-state index is -0.499. The van der Waals surface area contributed by atoms with E-state index in [1.165, 1.54) is 19.0 Å². The molecule has 20 heavy (non-hydrogen) atoms. The molecule has 0 spiro atoms.